The average molecular weight is 316 g/mol. The molecule has 1 heterocycles. The van der Waals surface area contributed by atoms with Crippen molar-refractivity contribution in [2.75, 3.05) is 6.54 Å². The summed E-state index contributed by atoms with van der Waals surface area (Å²) in [5.41, 5.74) is 0.476. The molecule has 1 aromatic rings. The number of nitrogens with zero attached hydrogens (tertiary/aromatic N) is 1. The zero-order valence-electron chi connectivity index (χ0n) is 13.9. The van der Waals surface area contributed by atoms with E-state index in [1.54, 1.807) is 25.7 Å². The van der Waals surface area contributed by atoms with E-state index < -0.39 is 17.7 Å². The molecule has 2 rings (SSSR count). The molecule has 0 saturated heterocycles. The molecular formula is C18H24N2O3. The lowest BCUT2D eigenvalue weighted by atomic mass is 10.1. The smallest absolute Gasteiger partial charge is 0.408 e. The molecule has 0 fully saturated rings. The van der Waals surface area contributed by atoms with E-state index in [2.05, 4.69) is 5.32 Å². The topological polar surface area (TPSA) is 58.6 Å². The van der Waals surface area contributed by atoms with Gasteiger partial charge in [-0.25, -0.2) is 4.79 Å². The standard InChI is InChI=1S/C18H24N2O3/c1-18(2,3)23-17(22)19-15-11-7-8-12-20(16(15)21)13-14-9-5-4-6-10-14/h4-10,15H,11-13H2,1-3H3,(H,19,22). The van der Waals surface area contributed by atoms with Crippen molar-refractivity contribution in [2.45, 2.75) is 45.4 Å². The SMILES string of the molecule is CC(C)(C)OC(=O)NC1CC=CCN(Cc2ccccc2)C1=O. The second-order valence-corrected chi connectivity index (χ2v) is 6.61. The van der Waals surface area contributed by atoms with E-state index in [9.17, 15) is 9.59 Å². The number of rotatable bonds is 3. The van der Waals surface area contributed by atoms with Gasteiger partial charge >= 0.3 is 6.09 Å². The van der Waals surface area contributed by atoms with Crippen molar-refractivity contribution in [2.24, 2.45) is 0 Å². The van der Waals surface area contributed by atoms with Crippen molar-refractivity contribution in [3.63, 3.8) is 0 Å². The molecule has 2 amide bonds. The Morgan fingerprint density at radius 1 is 1.26 bits per heavy atom. The van der Waals surface area contributed by atoms with Crippen LogP contribution in [0.4, 0.5) is 4.79 Å². The first kappa shape index (κ1) is 17.1. The second-order valence-electron chi connectivity index (χ2n) is 6.61. The summed E-state index contributed by atoms with van der Waals surface area (Å²) in [6, 6.07) is 9.22. The van der Waals surface area contributed by atoms with E-state index in [0.29, 0.717) is 19.5 Å². The van der Waals surface area contributed by atoms with Crippen LogP contribution in [0.1, 0.15) is 32.8 Å². The summed E-state index contributed by atoms with van der Waals surface area (Å²) in [7, 11) is 0. The highest BCUT2D eigenvalue weighted by atomic mass is 16.6. The Morgan fingerprint density at radius 3 is 2.61 bits per heavy atom. The molecule has 0 spiro atoms. The van der Waals surface area contributed by atoms with Crippen LogP contribution in [0.5, 0.6) is 0 Å². The minimum Gasteiger partial charge on any atom is -0.444 e. The number of amides is 2. The number of carbonyl (C=O) groups excluding carboxylic acids is 2. The molecule has 1 atom stereocenters. The van der Waals surface area contributed by atoms with E-state index in [0.717, 1.165) is 5.56 Å². The van der Waals surface area contributed by atoms with Crippen molar-refractivity contribution in [3.05, 3.63) is 48.0 Å². The summed E-state index contributed by atoms with van der Waals surface area (Å²) < 4.78 is 5.24. The highest BCUT2D eigenvalue weighted by Crippen LogP contribution is 2.13. The lowest BCUT2D eigenvalue weighted by Crippen LogP contribution is -2.48. The predicted octanol–water partition coefficient (Wildman–Crippen LogP) is 2.87. The minimum absolute atomic E-state index is 0.0929. The minimum atomic E-state index is -0.590. The van der Waals surface area contributed by atoms with Gasteiger partial charge in [0.1, 0.15) is 11.6 Å². The summed E-state index contributed by atoms with van der Waals surface area (Å²) >= 11 is 0. The van der Waals surface area contributed by atoms with Crippen LogP contribution in [0.25, 0.3) is 0 Å². The van der Waals surface area contributed by atoms with Crippen LogP contribution in [0.2, 0.25) is 0 Å². The molecule has 124 valence electrons. The number of hydrogen-bond acceptors (Lipinski definition) is 3. The third-order valence-electron chi connectivity index (χ3n) is 3.38. The molecule has 1 N–H and O–H groups in total. The van der Waals surface area contributed by atoms with Gasteiger partial charge in [0.15, 0.2) is 0 Å². The molecule has 0 saturated carbocycles. The fourth-order valence-electron chi connectivity index (χ4n) is 2.36. The van der Waals surface area contributed by atoms with Crippen molar-refractivity contribution in [3.8, 4) is 0 Å². The molecule has 5 heteroatoms. The van der Waals surface area contributed by atoms with Gasteiger partial charge in [-0.15, -0.1) is 0 Å². The number of ether oxygens (including phenoxy) is 1. The monoisotopic (exact) mass is 316 g/mol. The first-order valence-electron chi connectivity index (χ1n) is 7.82. The zero-order chi connectivity index (χ0) is 16.9. The first-order chi connectivity index (χ1) is 10.8. The molecule has 1 aliphatic heterocycles. The fourth-order valence-corrected chi connectivity index (χ4v) is 2.36. The average Bonchev–Trinajstić information content (AvgIpc) is 2.62. The third kappa shape index (κ3) is 5.43. The van der Waals surface area contributed by atoms with E-state index in [-0.39, 0.29) is 5.91 Å². The number of benzene rings is 1. The van der Waals surface area contributed by atoms with Gasteiger partial charge in [0.25, 0.3) is 0 Å². The van der Waals surface area contributed by atoms with Gasteiger partial charge in [-0.05, 0) is 32.8 Å². The largest absolute Gasteiger partial charge is 0.444 e. The summed E-state index contributed by atoms with van der Waals surface area (Å²) in [5.74, 6) is -0.0929. The van der Waals surface area contributed by atoms with Crippen LogP contribution in [0, 0.1) is 0 Å². The number of nitrogens with one attached hydrogen (secondary N) is 1. The Kier molecular flexibility index (Phi) is 5.42. The molecule has 1 aromatic carbocycles. The van der Waals surface area contributed by atoms with E-state index in [4.69, 9.17) is 4.74 Å². The van der Waals surface area contributed by atoms with E-state index in [1.807, 2.05) is 42.5 Å². The van der Waals surface area contributed by atoms with Gasteiger partial charge in [-0.3, -0.25) is 4.79 Å². The van der Waals surface area contributed by atoms with Crippen molar-refractivity contribution >= 4 is 12.0 Å². The Bertz CT molecular complexity index is 576. The number of hydrogen-bond donors (Lipinski definition) is 1. The van der Waals surface area contributed by atoms with Crippen LogP contribution in [-0.2, 0) is 16.1 Å². The third-order valence-corrected chi connectivity index (χ3v) is 3.38. The molecule has 0 aromatic heterocycles. The maximum absolute atomic E-state index is 12.7. The van der Waals surface area contributed by atoms with Gasteiger partial charge in [-0.2, -0.15) is 0 Å². The summed E-state index contributed by atoms with van der Waals surface area (Å²) in [4.78, 5) is 26.3. The quantitative estimate of drug-likeness (QED) is 0.872. The fraction of sp³-hybridized carbons (Fsp3) is 0.444. The summed E-state index contributed by atoms with van der Waals surface area (Å²) in [6.07, 6.45) is 3.79. The Labute approximate surface area is 137 Å². The van der Waals surface area contributed by atoms with Crippen LogP contribution in [0.3, 0.4) is 0 Å². The summed E-state index contributed by atoms with van der Waals surface area (Å²) in [5, 5.41) is 2.68. The molecule has 23 heavy (non-hydrogen) atoms. The molecule has 1 aliphatic rings. The summed E-state index contributed by atoms with van der Waals surface area (Å²) in [6.45, 7) is 6.45. The normalized spacial score (nSPS) is 18.5. The molecule has 0 radical (unpaired) electrons. The van der Waals surface area contributed by atoms with Crippen LogP contribution in [-0.4, -0.2) is 35.1 Å². The number of alkyl carbamates (subject to hydrolysis) is 1. The molecular weight excluding hydrogens is 292 g/mol. The highest BCUT2D eigenvalue weighted by Gasteiger charge is 2.28. The predicted molar refractivity (Wildman–Crippen MR) is 88.8 cm³/mol. The maximum Gasteiger partial charge on any atom is 0.408 e. The van der Waals surface area contributed by atoms with Crippen molar-refractivity contribution in [1.29, 1.82) is 0 Å². The molecule has 1 unspecified atom stereocenters. The second kappa shape index (κ2) is 7.31. The van der Waals surface area contributed by atoms with Crippen LogP contribution in [0.15, 0.2) is 42.5 Å². The maximum atomic E-state index is 12.7. The Morgan fingerprint density at radius 2 is 1.96 bits per heavy atom. The Balaban J connectivity index is 2.02. The van der Waals surface area contributed by atoms with E-state index in [1.165, 1.54) is 0 Å². The lowest BCUT2D eigenvalue weighted by molar-refractivity contribution is -0.133. The van der Waals surface area contributed by atoms with Crippen molar-refractivity contribution in [1.82, 2.24) is 10.2 Å². The van der Waals surface area contributed by atoms with Gasteiger partial charge in [0.05, 0.1) is 0 Å². The van der Waals surface area contributed by atoms with Crippen LogP contribution < -0.4 is 5.32 Å². The Hall–Kier alpha value is -2.30. The van der Waals surface area contributed by atoms with E-state index >= 15 is 0 Å². The highest BCUT2D eigenvalue weighted by molar-refractivity contribution is 5.86. The lowest BCUT2D eigenvalue weighted by Gasteiger charge is -2.26. The zero-order valence-corrected chi connectivity index (χ0v) is 13.9. The number of carbonyl (C=O) groups is 2. The van der Waals surface area contributed by atoms with Gasteiger partial charge < -0.3 is 15.0 Å². The van der Waals surface area contributed by atoms with Gasteiger partial charge in [0.2, 0.25) is 5.91 Å². The van der Waals surface area contributed by atoms with Crippen molar-refractivity contribution < 1.29 is 14.3 Å². The van der Waals surface area contributed by atoms with Gasteiger partial charge in [0, 0.05) is 13.1 Å². The van der Waals surface area contributed by atoms with Gasteiger partial charge in [-0.1, -0.05) is 42.5 Å². The molecule has 5 nitrogen and oxygen atoms in total. The molecule has 0 bridgehead atoms. The van der Waals surface area contributed by atoms with Crippen LogP contribution >= 0.6 is 0 Å². The molecule has 0 aliphatic carbocycles. The first-order valence-corrected chi connectivity index (χ1v) is 7.82.